The Kier molecular flexibility index (Phi) is 7.94. The average Bonchev–Trinajstić information content (AvgIpc) is 2.62. The van der Waals surface area contributed by atoms with Crippen LogP contribution in [0.25, 0.3) is 0 Å². The second-order valence-corrected chi connectivity index (χ2v) is 6.72. The Morgan fingerprint density at radius 2 is 1.71 bits per heavy atom. The smallest absolute Gasteiger partial charge is 0.239 e. The molecule has 7 heteroatoms. The molecule has 2 saturated heterocycles. The van der Waals surface area contributed by atoms with E-state index in [1.165, 1.54) is 6.42 Å². The van der Waals surface area contributed by atoms with Gasteiger partial charge in [0.1, 0.15) is 0 Å². The van der Waals surface area contributed by atoms with Crippen LogP contribution < -0.4 is 5.32 Å². The van der Waals surface area contributed by atoms with Crippen LogP contribution in [0.15, 0.2) is 0 Å². The zero-order valence-corrected chi connectivity index (χ0v) is 15.1. The molecule has 2 fully saturated rings. The summed E-state index contributed by atoms with van der Waals surface area (Å²) in [5, 5.41) is 2.85. The van der Waals surface area contributed by atoms with Gasteiger partial charge in [0.15, 0.2) is 0 Å². The van der Waals surface area contributed by atoms with E-state index >= 15 is 0 Å². The second kappa shape index (κ2) is 9.96. The number of ether oxygens (including phenoxy) is 1. The van der Waals surface area contributed by atoms with E-state index in [1.807, 2.05) is 11.8 Å². The van der Waals surface area contributed by atoms with E-state index < -0.39 is 0 Å². The van der Waals surface area contributed by atoms with Gasteiger partial charge in [0.2, 0.25) is 11.8 Å². The standard InChI is InChI=1S/C17H32N4O3/c1-15(17(23)21-7-4-3-5-8-21)20-11-9-19(10-12-20)14-16(22)18-6-13-24-2/h15H,3-14H2,1-2H3,(H,18,22). The number of carbonyl (C=O) groups is 2. The van der Waals surface area contributed by atoms with Crippen LogP contribution in [0.5, 0.6) is 0 Å². The van der Waals surface area contributed by atoms with E-state index in [0.717, 1.165) is 52.1 Å². The number of methoxy groups -OCH3 is 1. The van der Waals surface area contributed by atoms with Crippen molar-refractivity contribution in [2.45, 2.75) is 32.2 Å². The van der Waals surface area contributed by atoms with Crippen LogP contribution in [0, 0.1) is 0 Å². The van der Waals surface area contributed by atoms with E-state index in [2.05, 4.69) is 15.1 Å². The number of nitrogens with zero attached hydrogens (tertiary/aromatic N) is 3. The highest BCUT2D eigenvalue weighted by Gasteiger charge is 2.29. The summed E-state index contributed by atoms with van der Waals surface area (Å²) in [4.78, 5) is 30.8. The van der Waals surface area contributed by atoms with E-state index in [0.29, 0.717) is 19.7 Å². The monoisotopic (exact) mass is 340 g/mol. The fourth-order valence-corrected chi connectivity index (χ4v) is 3.39. The van der Waals surface area contributed by atoms with Crippen LogP contribution >= 0.6 is 0 Å². The molecule has 24 heavy (non-hydrogen) atoms. The first-order valence-electron chi connectivity index (χ1n) is 9.12. The Bertz CT molecular complexity index is 405. The maximum Gasteiger partial charge on any atom is 0.239 e. The minimum Gasteiger partial charge on any atom is -0.383 e. The lowest BCUT2D eigenvalue weighted by Gasteiger charge is -2.39. The van der Waals surface area contributed by atoms with Gasteiger partial charge in [0.05, 0.1) is 19.2 Å². The predicted molar refractivity (Wildman–Crippen MR) is 92.8 cm³/mol. The maximum atomic E-state index is 12.6. The van der Waals surface area contributed by atoms with Gasteiger partial charge in [-0.1, -0.05) is 0 Å². The summed E-state index contributed by atoms with van der Waals surface area (Å²) in [6, 6.07) is -0.0548. The van der Waals surface area contributed by atoms with Crippen LogP contribution in [-0.2, 0) is 14.3 Å². The first-order chi connectivity index (χ1) is 11.6. The van der Waals surface area contributed by atoms with Crippen molar-refractivity contribution >= 4 is 11.8 Å². The molecule has 0 saturated carbocycles. The third-order valence-corrected chi connectivity index (χ3v) is 4.98. The Hall–Kier alpha value is -1.18. The topological polar surface area (TPSA) is 65.1 Å². The van der Waals surface area contributed by atoms with Gasteiger partial charge in [-0.2, -0.15) is 0 Å². The van der Waals surface area contributed by atoms with E-state index in [-0.39, 0.29) is 17.9 Å². The quantitative estimate of drug-likeness (QED) is 0.649. The molecular formula is C17H32N4O3. The Labute approximate surface area is 145 Å². The fourth-order valence-electron chi connectivity index (χ4n) is 3.39. The molecule has 2 aliphatic rings. The van der Waals surface area contributed by atoms with Gasteiger partial charge in [0.25, 0.3) is 0 Å². The summed E-state index contributed by atoms with van der Waals surface area (Å²) < 4.78 is 4.92. The van der Waals surface area contributed by atoms with Crippen molar-refractivity contribution in [3.05, 3.63) is 0 Å². The Morgan fingerprint density at radius 1 is 1.04 bits per heavy atom. The number of hydrogen-bond acceptors (Lipinski definition) is 5. The van der Waals surface area contributed by atoms with Crippen LogP contribution in [0.3, 0.4) is 0 Å². The molecule has 2 aliphatic heterocycles. The van der Waals surface area contributed by atoms with Crippen LogP contribution in [0.4, 0.5) is 0 Å². The minimum absolute atomic E-state index is 0.0398. The molecule has 2 amide bonds. The number of piperidine rings is 1. The molecule has 138 valence electrons. The molecule has 0 aromatic rings. The van der Waals surface area contributed by atoms with Crippen molar-refractivity contribution in [2.24, 2.45) is 0 Å². The molecule has 1 N–H and O–H groups in total. The van der Waals surface area contributed by atoms with Crippen molar-refractivity contribution < 1.29 is 14.3 Å². The molecule has 0 radical (unpaired) electrons. The molecule has 0 aromatic heterocycles. The van der Waals surface area contributed by atoms with Gasteiger partial charge in [-0.25, -0.2) is 0 Å². The van der Waals surface area contributed by atoms with E-state index in [1.54, 1.807) is 7.11 Å². The van der Waals surface area contributed by atoms with Crippen molar-refractivity contribution in [2.75, 3.05) is 66.1 Å². The normalized spacial score (nSPS) is 21.5. The number of rotatable bonds is 7. The first kappa shape index (κ1) is 19.1. The molecule has 2 rings (SSSR count). The molecule has 1 atom stereocenters. The number of piperazine rings is 1. The highest BCUT2D eigenvalue weighted by atomic mass is 16.5. The highest BCUT2D eigenvalue weighted by Crippen LogP contribution is 2.14. The molecule has 0 bridgehead atoms. The van der Waals surface area contributed by atoms with E-state index in [9.17, 15) is 9.59 Å². The van der Waals surface area contributed by atoms with Gasteiger partial charge in [-0.15, -0.1) is 0 Å². The van der Waals surface area contributed by atoms with Crippen molar-refractivity contribution in [3.8, 4) is 0 Å². The summed E-state index contributed by atoms with van der Waals surface area (Å²) in [7, 11) is 1.62. The third kappa shape index (κ3) is 5.72. The summed E-state index contributed by atoms with van der Waals surface area (Å²) in [6.45, 7) is 8.68. The van der Waals surface area contributed by atoms with Gasteiger partial charge >= 0.3 is 0 Å². The summed E-state index contributed by atoms with van der Waals surface area (Å²) in [5.74, 6) is 0.304. The predicted octanol–water partition coefficient (Wildman–Crippen LogP) is -0.232. The summed E-state index contributed by atoms with van der Waals surface area (Å²) in [6.07, 6.45) is 3.50. The number of amides is 2. The largest absolute Gasteiger partial charge is 0.383 e. The Balaban J connectivity index is 1.69. The zero-order valence-electron chi connectivity index (χ0n) is 15.1. The molecule has 0 aromatic carbocycles. The van der Waals surface area contributed by atoms with E-state index in [4.69, 9.17) is 4.74 Å². The van der Waals surface area contributed by atoms with Crippen molar-refractivity contribution in [3.63, 3.8) is 0 Å². The molecular weight excluding hydrogens is 308 g/mol. The average molecular weight is 340 g/mol. The fraction of sp³-hybridized carbons (Fsp3) is 0.882. The lowest BCUT2D eigenvalue weighted by molar-refractivity contribution is -0.138. The van der Waals surface area contributed by atoms with Crippen LogP contribution in [0.1, 0.15) is 26.2 Å². The maximum absolute atomic E-state index is 12.6. The molecule has 7 nitrogen and oxygen atoms in total. The summed E-state index contributed by atoms with van der Waals surface area (Å²) in [5.41, 5.74) is 0. The summed E-state index contributed by atoms with van der Waals surface area (Å²) >= 11 is 0. The number of hydrogen-bond donors (Lipinski definition) is 1. The first-order valence-corrected chi connectivity index (χ1v) is 9.12. The SMILES string of the molecule is COCCNC(=O)CN1CCN(C(C)C(=O)N2CCCCC2)CC1. The van der Waals surface area contributed by atoms with Crippen LogP contribution in [0.2, 0.25) is 0 Å². The Morgan fingerprint density at radius 3 is 2.33 bits per heavy atom. The lowest BCUT2D eigenvalue weighted by Crippen LogP contribution is -2.56. The number of carbonyl (C=O) groups excluding carboxylic acids is 2. The molecule has 2 heterocycles. The number of likely N-dealkylation sites (tertiary alicyclic amines) is 1. The third-order valence-electron chi connectivity index (χ3n) is 4.98. The van der Waals surface area contributed by atoms with Gasteiger partial charge in [0, 0.05) is 52.9 Å². The number of nitrogens with one attached hydrogen (secondary N) is 1. The highest BCUT2D eigenvalue weighted by molar-refractivity contribution is 5.81. The second-order valence-electron chi connectivity index (χ2n) is 6.72. The zero-order chi connectivity index (χ0) is 17.4. The van der Waals surface area contributed by atoms with Gasteiger partial charge < -0.3 is 15.0 Å². The van der Waals surface area contributed by atoms with Crippen molar-refractivity contribution in [1.82, 2.24) is 20.0 Å². The lowest BCUT2D eigenvalue weighted by atomic mass is 10.1. The minimum atomic E-state index is -0.0548. The van der Waals surface area contributed by atoms with Gasteiger partial charge in [-0.05, 0) is 26.2 Å². The molecule has 0 aliphatic carbocycles. The van der Waals surface area contributed by atoms with Crippen LogP contribution in [-0.4, -0.2) is 98.6 Å². The molecule has 1 unspecified atom stereocenters. The van der Waals surface area contributed by atoms with Crippen molar-refractivity contribution in [1.29, 1.82) is 0 Å². The molecule has 0 spiro atoms. The van der Waals surface area contributed by atoms with Gasteiger partial charge in [-0.3, -0.25) is 19.4 Å².